The molecule has 1 aliphatic heterocycles. The van der Waals surface area contributed by atoms with Gasteiger partial charge in [-0.15, -0.1) is 0 Å². The maximum absolute atomic E-state index is 14.0. The van der Waals surface area contributed by atoms with E-state index in [-0.39, 0.29) is 23.6 Å². The number of hydrogen-bond donors (Lipinski definition) is 3. The first-order chi connectivity index (χ1) is 18.9. The third-order valence-corrected chi connectivity index (χ3v) is 8.33. The number of carbonyl (C=O) groups excluding carboxylic acids is 1. The number of aliphatic hydroxyl groups is 2. The highest BCUT2D eigenvalue weighted by atomic mass is 79.9. The smallest absolute Gasteiger partial charge is 0.226 e. The molecule has 0 saturated heterocycles. The Labute approximate surface area is 233 Å². The minimum absolute atomic E-state index is 0.214. The third-order valence-electron chi connectivity index (χ3n) is 7.80. The Kier molecular flexibility index (Phi) is 6.37. The topological polar surface area (TPSA) is 114 Å². The summed E-state index contributed by atoms with van der Waals surface area (Å²) in [5.74, 6) is -1.74. The van der Waals surface area contributed by atoms with Crippen molar-refractivity contribution >= 4 is 21.8 Å². The number of amides is 1. The fraction of sp³-hybridized carbons (Fsp3) is 0.233. The van der Waals surface area contributed by atoms with E-state index in [1.54, 1.807) is 18.5 Å². The van der Waals surface area contributed by atoms with Crippen molar-refractivity contribution in [1.29, 1.82) is 0 Å². The second-order valence-corrected chi connectivity index (χ2v) is 10.7. The first-order valence-electron chi connectivity index (χ1n) is 12.5. The standard InChI is InChI=1S/C30H26BrN3O5/c1-38-22-16-33-17-23-26(22)29(37)27(35)24(28(36)34-15-18-6-5-13-32-14-18)25(19-7-3-2-4-8-19)30(29,39-23)20-9-11-21(31)12-10-20/h2-14,16-17,24-25,27,35,37H,15H2,1H3,(H,34,36). The molecule has 4 aromatic rings. The highest BCUT2D eigenvalue weighted by Crippen LogP contribution is 2.69. The van der Waals surface area contributed by atoms with Crippen LogP contribution in [-0.2, 0) is 22.5 Å². The van der Waals surface area contributed by atoms with Crippen LogP contribution < -0.4 is 14.8 Å². The minimum Gasteiger partial charge on any atom is -0.495 e. The van der Waals surface area contributed by atoms with E-state index >= 15 is 0 Å². The van der Waals surface area contributed by atoms with Crippen LogP contribution in [0.5, 0.6) is 11.5 Å². The fourth-order valence-corrected chi connectivity index (χ4v) is 6.46. The summed E-state index contributed by atoms with van der Waals surface area (Å²) in [5.41, 5.74) is -1.23. The summed E-state index contributed by atoms with van der Waals surface area (Å²) in [6, 6.07) is 20.4. The van der Waals surface area contributed by atoms with Gasteiger partial charge in [0.15, 0.2) is 11.2 Å². The van der Waals surface area contributed by atoms with E-state index in [9.17, 15) is 15.0 Å². The van der Waals surface area contributed by atoms with Crippen molar-refractivity contribution in [3.63, 3.8) is 0 Å². The van der Waals surface area contributed by atoms with Gasteiger partial charge in [0.05, 0.1) is 31.0 Å². The second kappa shape index (κ2) is 9.75. The van der Waals surface area contributed by atoms with Crippen molar-refractivity contribution in [2.45, 2.75) is 29.8 Å². The summed E-state index contributed by atoms with van der Waals surface area (Å²) in [4.78, 5) is 22.3. The number of halogens is 1. The Morgan fingerprint density at radius 2 is 1.82 bits per heavy atom. The Hall–Kier alpha value is -3.79. The summed E-state index contributed by atoms with van der Waals surface area (Å²) in [6.07, 6.45) is 4.74. The normalized spacial score (nSPS) is 26.8. The minimum atomic E-state index is -2.05. The number of rotatable bonds is 6. The number of aromatic nitrogens is 2. The number of aliphatic hydroxyl groups excluding tert-OH is 1. The molecule has 0 spiro atoms. The number of methoxy groups -OCH3 is 1. The van der Waals surface area contributed by atoms with Gasteiger partial charge >= 0.3 is 0 Å². The van der Waals surface area contributed by atoms with E-state index in [2.05, 4.69) is 31.2 Å². The molecule has 1 fully saturated rings. The van der Waals surface area contributed by atoms with Crippen molar-refractivity contribution in [2.24, 2.45) is 5.92 Å². The summed E-state index contributed by atoms with van der Waals surface area (Å²) in [6.45, 7) is 0.214. The van der Waals surface area contributed by atoms with Crippen LogP contribution in [-0.4, -0.2) is 39.3 Å². The third kappa shape index (κ3) is 3.76. The Morgan fingerprint density at radius 1 is 1.05 bits per heavy atom. The molecule has 5 atom stereocenters. The lowest BCUT2D eigenvalue weighted by molar-refractivity contribution is -0.154. The average molecular weight is 588 g/mol. The van der Waals surface area contributed by atoms with Gasteiger partial charge in [-0.05, 0) is 34.9 Å². The SMILES string of the molecule is COc1cncc2c1C1(O)C(O)C(C(=O)NCc3cccnc3)C(c3ccccc3)C1(c1ccc(Br)cc1)O2. The number of carbonyl (C=O) groups is 1. The van der Waals surface area contributed by atoms with Crippen molar-refractivity contribution in [2.75, 3.05) is 7.11 Å². The molecule has 5 unspecified atom stereocenters. The molecule has 0 bridgehead atoms. The molecule has 8 nitrogen and oxygen atoms in total. The maximum Gasteiger partial charge on any atom is 0.226 e. The van der Waals surface area contributed by atoms with Crippen LogP contribution in [0.2, 0.25) is 0 Å². The quantitative estimate of drug-likeness (QED) is 0.314. The molecular weight excluding hydrogens is 562 g/mol. The molecule has 1 amide bonds. The number of pyridine rings is 2. The van der Waals surface area contributed by atoms with Gasteiger partial charge in [0, 0.05) is 29.3 Å². The lowest BCUT2D eigenvalue weighted by Gasteiger charge is -2.40. The maximum atomic E-state index is 14.0. The van der Waals surface area contributed by atoms with E-state index in [0.717, 1.165) is 15.6 Å². The summed E-state index contributed by atoms with van der Waals surface area (Å²) in [5, 5.41) is 27.8. The lowest BCUT2D eigenvalue weighted by Crippen LogP contribution is -2.52. The van der Waals surface area contributed by atoms with Gasteiger partial charge in [-0.3, -0.25) is 14.8 Å². The first kappa shape index (κ1) is 25.5. The van der Waals surface area contributed by atoms with Crippen LogP contribution in [0, 0.1) is 5.92 Å². The summed E-state index contributed by atoms with van der Waals surface area (Å²) >= 11 is 3.49. The Morgan fingerprint density at radius 3 is 2.51 bits per heavy atom. The molecule has 1 aliphatic carbocycles. The number of hydrogen-bond acceptors (Lipinski definition) is 7. The predicted octanol–water partition coefficient (Wildman–Crippen LogP) is 3.81. The molecule has 3 N–H and O–H groups in total. The van der Waals surface area contributed by atoms with Crippen LogP contribution in [0.25, 0.3) is 0 Å². The molecule has 6 rings (SSSR count). The number of nitrogens with zero attached hydrogens (tertiary/aromatic N) is 2. The van der Waals surface area contributed by atoms with Gasteiger partial charge in [0.1, 0.15) is 17.6 Å². The van der Waals surface area contributed by atoms with Crippen LogP contribution >= 0.6 is 15.9 Å². The first-order valence-corrected chi connectivity index (χ1v) is 13.3. The van der Waals surface area contributed by atoms with E-state index in [0.29, 0.717) is 5.56 Å². The molecule has 39 heavy (non-hydrogen) atoms. The monoisotopic (exact) mass is 587 g/mol. The molecule has 198 valence electrons. The van der Waals surface area contributed by atoms with Gasteiger partial charge in [-0.1, -0.05) is 64.5 Å². The zero-order valence-electron chi connectivity index (χ0n) is 21.0. The number of nitrogens with one attached hydrogen (secondary N) is 1. The van der Waals surface area contributed by atoms with Gasteiger partial charge in [0.2, 0.25) is 5.91 Å². The molecular formula is C30H26BrN3O5. The van der Waals surface area contributed by atoms with Crippen LogP contribution in [0.4, 0.5) is 0 Å². The molecule has 9 heteroatoms. The lowest BCUT2D eigenvalue weighted by atomic mass is 9.70. The zero-order chi connectivity index (χ0) is 27.2. The van der Waals surface area contributed by atoms with E-state index in [1.807, 2.05) is 60.7 Å². The van der Waals surface area contributed by atoms with Crippen LogP contribution in [0.1, 0.15) is 28.2 Å². The molecule has 3 heterocycles. The average Bonchev–Trinajstić information content (AvgIpc) is 3.35. The van der Waals surface area contributed by atoms with Crippen LogP contribution in [0.3, 0.4) is 0 Å². The van der Waals surface area contributed by atoms with Gasteiger partial charge < -0.3 is 25.0 Å². The molecule has 2 aliphatic rings. The Bertz CT molecular complexity index is 1500. The van der Waals surface area contributed by atoms with Crippen molar-refractivity contribution in [1.82, 2.24) is 15.3 Å². The predicted molar refractivity (Wildman–Crippen MR) is 146 cm³/mol. The highest BCUT2D eigenvalue weighted by molar-refractivity contribution is 9.10. The Balaban J connectivity index is 1.57. The second-order valence-electron chi connectivity index (χ2n) is 9.76. The molecule has 1 saturated carbocycles. The van der Waals surface area contributed by atoms with E-state index in [1.165, 1.54) is 19.5 Å². The summed E-state index contributed by atoms with van der Waals surface area (Å²) < 4.78 is 13.1. The largest absolute Gasteiger partial charge is 0.495 e. The van der Waals surface area contributed by atoms with Crippen molar-refractivity contribution < 1.29 is 24.5 Å². The number of fused-ring (bicyclic) bond motifs is 3. The zero-order valence-corrected chi connectivity index (χ0v) is 22.6. The molecule has 2 aromatic heterocycles. The number of ether oxygens (including phenoxy) is 2. The van der Waals surface area contributed by atoms with E-state index < -0.39 is 35.0 Å². The van der Waals surface area contributed by atoms with Gasteiger partial charge in [0.25, 0.3) is 0 Å². The molecule has 0 radical (unpaired) electrons. The summed E-state index contributed by atoms with van der Waals surface area (Å²) in [7, 11) is 1.47. The van der Waals surface area contributed by atoms with Crippen molar-refractivity contribution in [3.8, 4) is 11.5 Å². The van der Waals surface area contributed by atoms with Crippen LogP contribution in [0.15, 0.2) is 96.0 Å². The van der Waals surface area contributed by atoms with Crippen molar-refractivity contribution in [3.05, 3.63) is 118 Å². The van der Waals surface area contributed by atoms with E-state index in [4.69, 9.17) is 9.47 Å². The fourth-order valence-electron chi connectivity index (χ4n) is 6.19. The number of benzene rings is 2. The van der Waals surface area contributed by atoms with Gasteiger partial charge in [-0.2, -0.15) is 0 Å². The highest BCUT2D eigenvalue weighted by Gasteiger charge is 2.78. The van der Waals surface area contributed by atoms with Gasteiger partial charge in [-0.25, -0.2) is 0 Å². The molecule has 2 aromatic carbocycles.